The minimum Gasteiger partial charge on any atom is -0.484 e. The summed E-state index contributed by atoms with van der Waals surface area (Å²) in [6.45, 7) is 1.81. The van der Waals surface area contributed by atoms with Crippen molar-refractivity contribution in [2.75, 3.05) is 17.7 Å². The van der Waals surface area contributed by atoms with Crippen molar-refractivity contribution in [3.05, 3.63) is 53.1 Å². The number of rotatable bonds is 4. The zero-order chi connectivity index (χ0) is 14.5. The lowest BCUT2D eigenvalue weighted by Crippen LogP contribution is -2.20. The molecule has 0 saturated heterocycles. The molecular formula is C15H15ClN2O2. The van der Waals surface area contributed by atoms with E-state index in [9.17, 15) is 4.79 Å². The maximum Gasteiger partial charge on any atom is 0.262 e. The number of hydrogen-bond donors (Lipinski definition) is 2. The maximum absolute atomic E-state index is 11.7. The zero-order valence-corrected chi connectivity index (χ0v) is 11.8. The predicted octanol–water partition coefficient (Wildman–Crippen LogP) is 3.25. The number of carbonyl (C=O) groups excluding carboxylic acids is 1. The highest BCUT2D eigenvalue weighted by Crippen LogP contribution is 2.21. The van der Waals surface area contributed by atoms with Crippen LogP contribution >= 0.6 is 11.6 Å². The van der Waals surface area contributed by atoms with Gasteiger partial charge in [0.2, 0.25) is 0 Å². The van der Waals surface area contributed by atoms with E-state index in [0.29, 0.717) is 22.1 Å². The molecule has 2 aromatic carbocycles. The summed E-state index contributed by atoms with van der Waals surface area (Å²) in [5.74, 6) is 0.377. The number of anilines is 2. The van der Waals surface area contributed by atoms with Gasteiger partial charge in [0.25, 0.3) is 5.91 Å². The number of aryl methyl sites for hydroxylation is 1. The Balaban J connectivity index is 1.88. The van der Waals surface area contributed by atoms with Crippen molar-refractivity contribution >= 4 is 28.9 Å². The Morgan fingerprint density at radius 2 is 1.95 bits per heavy atom. The Morgan fingerprint density at radius 3 is 2.60 bits per heavy atom. The minimum absolute atomic E-state index is 0.0640. The second kappa shape index (κ2) is 6.30. The first-order chi connectivity index (χ1) is 9.54. The molecule has 0 unspecified atom stereocenters. The molecule has 2 rings (SSSR count). The second-order valence-corrected chi connectivity index (χ2v) is 4.78. The van der Waals surface area contributed by atoms with Gasteiger partial charge in [-0.15, -0.1) is 0 Å². The van der Waals surface area contributed by atoms with Crippen molar-refractivity contribution in [2.45, 2.75) is 6.92 Å². The van der Waals surface area contributed by atoms with E-state index < -0.39 is 0 Å². The molecule has 0 radical (unpaired) electrons. The first-order valence-electron chi connectivity index (χ1n) is 6.09. The van der Waals surface area contributed by atoms with Crippen molar-refractivity contribution in [1.82, 2.24) is 0 Å². The fraction of sp³-hybridized carbons (Fsp3) is 0.133. The van der Waals surface area contributed by atoms with Gasteiger partial charge in [-0.1, -0.05) is 11.6 Å². The number of nitrogens with one attached hydrogen (secondary N) is 1. The number of ether oxygens (including phenoxy) is 1. The highest BCUT2D eigenvalue weighted by atomic mass is 35.5. The molecule has 20 heavy (non-hydrogen) atoms. The fourth-order valence-corrected chi connectivity index (χ4v) is 1.74. The maximum atomic E-state index is 11.7. The lowest BCUT2D eigenvalue weighted by atomic mass is 10.2. The molecular weight excluding hydrogens is 276 g/mol. The van der Waals surface area contributed by atoms with Crippen molar-refractivity contribution in [3.8, 4) is 5.75 Å². The van der Waals surface area contributed by atoms with Gasteiger partial charge in [-0.2, -0.15) is 0 Å². The number of nitrogen functional groups attached to an aromatic ring is 1. The Hall–Kier alpha value is -2.20. The summed E-state index contributed by atoms with van der Waals surface area (Å²) in [5, 5.41) is 3.39. The predicted molar refractivity (Wildman–Crippen MR) is 81.2 cm³/mol. The standard InChI is InChI=1S/C15H15ClN2O2/c1-10-8-13(6-7-14(10)16)20-9-15(19)18-12-4-2-11(17)3-5-12/h2-8H,9,17H2,1H3,(H,18,19). The number of hydrogen-bond acceptors (Lipinski definition) is 3. The largest absolute Gasteiger partial charge is 0.484 e. The van der Waals surface area contributed by atoms with E-state index in [2.05, 4.69) is 5.32 Å². The van der Waals surface area contributed by atoms with Crippen molar-refractivity contribution < 1.29 is 9.53 Å². The molecule has 2 aromatic rings. The number of halogens is 1. The first-order valence-corrected chi connectivity index (χ1v) is 6.47. The highest BCUT2D eigenvalue weighted by molar-refractivity contribution is 6.31. The van der Waals surface area contributed by atoms with Gasteiger partial charge < -0.3 is 15.8 Å². The Kier molecular flexibility index (Phi) is 4.48. The zero-order valence-electron chi connectivity index (χ0n) is 11.0. The van der Waals surface area contributed by atoms with E-state index in [0.717, 1.165) is 5.56 Å². The van der Waals surface area contributed by atoms with Gasteiger partial charge in [0, 0.05) is 16.4 Å². The van der Waals surface area contributed by atoms with Crippen LogP contribution in [0.4, 0.5) is 11.4 Å². The summed E-state index contributed by atoms with van der Waals surface area (Å²) in [6, 6.07) is 12.2. The van der Waals surface area contributed by atoms with Crippen molar-refractivity contribution in [3.63, 3.8) is 0 Å². The molecule has 5 heteroatoms. The first kappa shape index (κ1) is 14.2. The van der Waals surface area contributed by atoms with E-state index in [1.54, 1.807) is 42.5 Å². The van der Waals surface area contributed by atoms with Crippen LogP contribution in [-0.2, 0) is 4.79 Å². The molecule has 0 bridgehead atoms. The van der Waals surface area contributed by atoms with Crippen molar-refractivity contribution in [1.29, 1.82) is 0 Å². The molecule has 3 N–H and O–H groups in total. The van der Waals surface area contributed by atoms with Crippen molar-refractivity contribution in [2.24, 2.45) is 0 Å². The Morgan fingerprint density at radius 1 is 1.25 bits per heavy atom. The van der Waals surface area contributed by atoms with Gasteiger partial charge in [0.15, 0.2) is 6.61 Å². The summed E-state index contributed by atoms with van der Waals surface area (Å²) < 4.78 is 5.40. The SMILES string of the molecule is Cc1cc(OCC(=O)Nc2ccc(N)cc2)ccc1Cl. The van der Waals surface area contributed by atoms with E-state index in [-0.39, 0.29) is 12.5 Å². The van der Waals surface area contributed by atoms with Gasteiger partial charge in [-0.25, -0.2) is 0 Å². The molecule has 0 aromatic heterocycles. The van der Waals surface area contributed by atoms with Crippen LogP contribution in [0.2, 0.25) is 5.02 Å². The summed E-state index contributed by atoms with van der Waals surface area (Å²) >= 11 is 5.92. The van der Waals surface area contributed by atoms with Crippen LogP contribution in [0.3, 0.4) is 0 Å². The van der Waals surface area contributed by atoms with Gasteiger partial charge in [0.05, 0.1) is 0 Å². The third-order valence-electron chi connectivity index (χ3n) is 2.69. The molecule has 0 saturated carbocycles. The smallest absolute Gasteiger partial charge is 0.262 e. The normalized spacial score (nSPS) is 10.1. The lowest BCUT2D eigenvalue weighted by Gasteiger charge is -2.08. The quantitative estimate of drug-likeness (QED) is 0.850. The number of nitrogens with two attached hydrogens (primary N) is 1. The molecule has 0 aliphatic rings. The van der Waals surface area contributed by atoms with Crippen LogP contribution in [0.5, 0.6) is 5.75 Å². The summed E-state index contributed by atoms with van der Waals surface area (Å²) in [5.41, 5.74) is 7.81. The molecule has 0 atom stereocenters. The van der Waals surface area contributed by atoms with E-state index in [1.165, 1.54) is 0 Å². The molecule has 0 aliphatic heterocycles. The number of carbonyl (C=O) groups is 1. The number of benzene rings is 2. The Labute approximate surface area is 122 Å². The molecule has 0 fully saturated rings. The summed E-state index contributed by atoms with van der Waals surface area (Å²) in [7, 11) is 0. The minimum atomic E-state index is -0.234. The molecule has 0 heterocycles. The molecule has 104 valence electrons. The van der Waals surface area contributed by atoms with Crippen LogP contribution in [0.25, 0.3) is 0 Å². The lowest BCUT2D eigenvalue weighted by molar-refractivity contribution is -0.118. The van der Waals surface area contributed by atoms with Gasteiger partial charge >= 0.3 is 0 Å². The van der Waals surface area contributed by atoms with Crippen LogP contribution in [0.1, 0.15) is 5.56 Å². The van der Waals surface area contributed by atoms with Gasteiger partial charge in [-0.05, 0) is 55.0 Å². The fourth-order valence-electron chi connectivity index (χ4n) is 1.62. The third-order valence-corrected chi connectivity index (χ3v) is 3.12. The van der Waals surface area contributed by atoms with Crippen LogP contribution < -0.4 is 15.8 Å². The topological polar surface area (TPSA) is 64.3 Å². The van der Waals surface area contributed by atoms with E-state index in [4.69, 9.17) is 22.1 Å². The average Bonchev–Trinajstić information content (AvgIpc) is 2.43. The average molecular weight is 291 g/mol. The van der Waals surface area contributed by atoms with Crippen LogP contribution in [0.15, 0.2) is 42.5 Å². The summed E-state index contributed by atoms with van der Waals surface area (Å²) in [4.78, 5) is 11.7. The molecule has 1 amide bonds. The molecule has 0 aliphatic carbocycles. The van der Waals surface area contributed by atoms with Gasteiger partial charge in [-0.3, -0.25) is 4.79 Å². The van der Waals surface area contributed by atoms with E-state index in [1.807, 2.05) is 6.92 Å². The highest BCUT2D eigenvalue weighted by Gasteiger charge is 2.04. The monoisotopic (exact) mass is 290 g/mol. The van der Waals surface area contributed by atoms with Crippen LogP contribution in [-0.4, -0.2) is 12.5 Å². The van der Waals surface area contributed by atoms with Crippen LogP contribution in [0, 0.1) is 6.92 Å². The Bertz CT molecular complexity index is 612. The number of amides is 1. The third kappa shape index (κ3) is 3.90. The summed E-state index contributed by atoms with van der Waals surface area (Å²) in [6.07, 6.45) is 0. The second-order valence-electron chi connectivity index (χ2n) is 4.37. The van der Waals surface area contributed by atoms with E-state index >= 15 is 0 Å². The molecule has 4 nitrogen and oxygen atoms in total. The molecule has 0 spiro atoms. The van der Waals surface area contributed by atoms with Gasteiger partial charge in [0.1, 0.15) is 5.75 Å².